The predicted molar refractivity (Wildman–Crippen MR) is 99.0 cm³/mol. The molecule has 0 aromatic carbocycles. The second kappa shape index (κ2) is 7.32. The van der Waals surface area contributed by atoms with Gasteiger partial charge in [-0.25, -0.2) is 15.0 Å². The molecule has 1 saturated heterocycles. The summed E-state index contributed by atoms with van der Waals surface area (Å²) in [6.07, 6.45) is 6.67. The molecule has 4 rings (SSSR count). The predicted octanol–water partition coefficient (Wildman–Crippen LogP) is 1.92. The molecule has 25 heavy (non-hydrogen) atoms. The maximum absolute atomic E-state index is 12.5. The van der Waals surface area contributed by atoms with Crippen LogP contribution in [0.4, 0.5) is 5.82 Å². The molecule has 0 bridgehead atoms. The summed E-state index contributed by atoms with van der Waals surface area (Å²) in [6.45, 7) is 2.96. The number of nitrogens with zero attached hydrogens (tertiary/aromatic N) is 6. The van der Waals surface area contributed by atoms with Crippen molar-refractivity contribution in [1.82, 2.24) is 24.8 Å². The van der Waals surface area contributed by atoms with E-state index in [9.17, 15) is 4.79 Å². The van der Waals surface area contributed by atoms with E-state index in [4.69, 9.17) is 0 Å². The molecule has 0 N–H and O–H groups in total. The van der Waals surface area contributed by atoms with Gasteiger partial charge < -0.3 is 9.80 Å². The number of thiophene rings is 1. The fraction of sp³-hybridized carbons (Fsp3) is 0.312. The van der Waals surface area contributed by atoms with Crippen LogP contribution in [0.15, 0.2) is 41.4 Å². The van der Waals surface area contributed by atoms with Crippen molar-refractivity contribution in [2.75, 3.05) is 36.8 Å². The van der Waals surface area contributed by atoms with Gasteiger partial charge in [0.1, 0.15) is 17.2 Å². The minimum atomic E-state index is 0.145. The summed E-state index contributed by atoms with van der Waals surface area (Å²) in [5, 5.41) is 2.88. The highest BCUT2D eigenvalue weighted by Gasteiger charge is 2.22. The average molecular weight is 372 g/mol. The Balaban J connectivity index is 1.33. The van der Waals surface area contributed by atoms with E-state index in [0.29, 0.717) is 18.8 Å². The van der Waals surface area contributed by atoms with Crippen molar-refractivity contribution in [3.63, 3.8) is 0 Å². The lowest BCUT2D eigenvalue weighted by atomic mass is 10.3. The zero-order valence-corrected chi connectivity index (χ0v) is 15.0. The summed E-state index contributed by atoms with van der Waals surface area (Å²) >= 11 is 3.09. The van der Waals surface area contributed by atoms with Crippen LogP contribution < -0.4 is 4.90 Å². The van der Waals surface area contributed by atoms with Crippen molar-refractivity contribution < 1.29 is 4.79 Å². The van der Waals surface area contributed by atoms with Crippen LogP contribution in [-0.2, 0) is 4.79 Å². The van der Waals surface area contributed by atoms with E-state index in [1.54, 1.807) is 36.3 Å². The standard InChI is InChI=1S/C16H16N6OS2/c23-14(10-25-16-15-12(1-8-24-15)19-11-20-16)22-6-4-21(5-7-22)13-9-17-2-3-18-13/h1-3,8-9,11H,4-7,10H2. The van der Waals surface area contributed by atoms with Crippen LogP contribution in [0.3, 0.4) is 0 Å². The fourth-order valence-corrected chi connectivity index (χ4v) is 4.58. The Morgan fingerprint density at radius 2 is 2.04 bits per heavy atom. The van der Waals surface area contributed by atoms with Crippen molar-refractivity contribution in [3.05, 3.63) is 36.4 Å². The summed E-state index contributed by atoms with van der Waals surface area (Å²) in [5.74, 6) is 1.41. The van der Waals surface area contributed by atoms with Crippen molar-refractivity contribution in [3.8, 4) is 0 Å². The smallest absolute Gasteiger partial charge is 0.233 e. The topological polar surface area (TPSA) is 75.1 Å². The van der Waals surface area contributed by atoms with Crippen LogP contribution in [0.1, 0.15) is 0 Å². The van der Waals surface area contributed by atoms with E-state index in [1.165, 1.54) is 11.8 Å². The molecule has 0 atom stereocenters. The molecule has 0 saturated carbocycles. The number of fused-ring (bicyclic) bond motifs is 1. The highest BCUT2D eigenvalue weighted by Crippen LogP contribution is 2.28. The van der Waals surface area contributed by atoms with Gasteiger partial charge in [-0.3, -0.25) is 9.78 Å². The van der Waals surface area contributed by atoms with Crippen molar-refractivity contribution in [2.24, 2.45) is 0 Å². The maximum Gasteiger partial charge on any atom is 0.233 e. The Kier molecular flexibility index (Phi) is 4.75. The highest BCUT2D eigenvalue weighted by molar-refractivity contribution is 8.00. The molecule has 0 spiro atoms. The lowest BCUT2D eigenvalue weighted by Crippen LogP contribution is -2.49. The summed E-state index contributed by atoms with van der Waals surface area (Å²) in [4.78, 5) is 33.5. The zero-order chi connectivity index (χ0) is 17.1. The number of rotatable bonds is 4. The van der Waals surface area contributed by atoms with Gasteiger partial charge in [0.15, 0.2) is 0 Å². The van der Waals surface area contributed by atoms with Gasteiger partial charge in [-0.1, -0.05) is 11.8 Å². The van der Waals surface area contributed by atoms with Crippen molar-refractivity contribution >= 4 is 45.0 Å². The Morgan fingerprint density at radius 1 is 1.16 bits per heavy atom. The molecule has 9 heteroatoms. The molecule has 1 amide bonds. The molecular weight excluding hydrogens is 356 g/mol. The average Bonchev–Trinajstić information content (AvgIpc) is 3.16. The summed E-state index contributed by atoms with van der Waals surface area (Å²) in [6, 6.07) is 1.97. The van der Waals surface area contributed by atoms with Crippen molar-refractivity contribution in [1.29, 1.82) is 0 Å². The zero-order valence-electron chi connectivity index (χ0n) is 13.4. The van der Waals surface area contributed by atoms with E-state index in [0.717, 1.165) is 34.1 Å². The van der Waals surface area contributed by atoms with Crippen LogP contribution in [-0.4, -0.2) is 62.7 Å². The van der Waals surface area contributed by atoms with Gasteiger partial charge in [0.25, 0.3) is 0 Å². The molecule has 128 valence electrons. The van der Waals surface area contributed by atoms with Gasteiger partial charge in [-0.15, -0.1) is 11.3 Å². The van der Waals surface area contributed by atoms with E-state index >= 15 is 0 Å². The quantitative estimate of drug-likeness (QED) is 0.512. The minimum Gasteiger partial charge on any atom is -0.352 e. The number of amides is 1. The molecule has 3 aromatic heterocycles. The summed E-state index contributed by atoms with van der Waals surface area (Å²) < 4.78 is 1.05. The first-order valence-electron chi connectivity index (χ1n) is 7.91. The minimum absolute atomic E-state index is 0.145. The number of aromatic nitrogens is 4. The number of carbonyl (C=O) groups is 1. The van der Waals surface area contributed by atoms with Crippen LogP contribution in [0, 0.1) is 0 Å². The molecule has 1 aliphatic rings. The molecule has 0 unspecified atom stereocenters. The maximum atomic E-state index is 12.5. The fourth-order valence-electron chi connectivity index (χ4n) is 2.73. The molecule has 0 radical (unpaired) electrons. The van der Waals surface area contributed by atoms with Crippen LogP contribution in [0.5, 0.6) is 0 Å². The summed E-state index contributed by atoms with van der Waals surface area (Å²) in [7, 11) is 0. The lowest BCUT2D eigenvalue weighted by Gasteiger charge is -2.35. The number of anilines is 1. The third-order valence-electron chi connectivity index (χ3n) is 4.05. The Bertz CT molecular complexity index is 863. The SMILES string of the molecule is O=C(CSc1ncnc2ccsc12)N1CCN(c2cnccn2)CC1. The number of hydrogen-bond donors (Lipinski definition) is 0. The lowest BCUT2D eigenvalue weighted by molar-refractivity contribution is -0.128. The first-order valence-corrected chi connectivity index (χ1v) is 9.77. The van der Waals surface area contributed by atoms with Crippen LogP contribution in [0.25, 0.3) is 10.2 Å². The summed E-state index contributed by atoms with van der Waals surface area (Å²) in [5.41, 5.74) is 0.938. The second-order valence-corrected chi connectivity index (χ2v) is 7.41. The van der Waals surface area contributed by atoms with Gasteiger partial charge in [-0.05, 0) is 11.4 Å². The Hall–Kier alpha value is -2.26. The molecule has 4 heterocycles. The van der Waals surface area contributed by atoms with Gasteiger partial charge in [0.2, 0.25) is 5.91 Å². The monoisotopic (exact) mass is 372 g/mol. The number of thioether (sulfide) groups is 1. The van der Waals surface area contributed by atoms with E-state index in [2.05, 4.69) is 24.8 Å². The highest BCUT2D eigenvalue weighted by atomic mass is 32.2. The molecule has 3 aromatic rings. The van der Waals surface area contributed by atoms with Gasteiger partial charge >= 0.3 is 0 Å². The third-order valence-corrected chi connectivity index (χ3v) is 6.06. The third kappa shape index (κ3) is 3.57. The van der Waals surface area contributed by atoms with Crippen molar-refractivity contribution in [2.45, 2.75) is 5.03 Å². The number of carbonyl (C=O) groups excluding carboxylic acids is 1. The van der Waals surface area contributed by atoms with E-state index in [-0.39, 0.29) is 5.91 Å². The molecule has 7 nitrogen and oxygen atoms in total. The van der Waals surface area contributed by atoms with Gasteiger partial charge in [0.05, 0.1) is 22.2 Å². The van der Waals surface area contributed by atoms with E-state index < -0.39 is 0 Å². The van der Waals surface area contributed by atoms with Crippen LogP contribution >= 0.6 is 23.1 Å². The normalized spacial score (nSPS) is 14.9. The number of hydrogen-bond acceptors (Lipinski definition) is 8. The van der Waals surface area contributed by atoms with Gasteiger partial charge in [-0.2, -0.15) is 0 Å². The Morgan fingerprint density at radius 3 is 2.84 bits per heavy atom. The molecular formula is C16H16N6OS2. The van der Waals surface area contributed by atoms with E-state index in [1.807, 2.05) is 16.3 Å². The largest absolute Gasteiger partial charge is 0.352 e. The second-order valence-electron chi connectivity index (χ2n) is 5.53. The molecule has 0 aliphatic carbocycles. The Labute approximate surface area is 153 Å². The molecule has 1 fully saturated rings. The first kappa shape index (κ1) is 16.2. The molecule has 1 aliphatic heterocycles. The first-order chi connectivity index (χ1) is 12.3. The number of piperazine rings is 1. The van der Waals surface area contributed by atoms with Crippen LogP contribution in [0.2, 0.25) is 0 Å². The van der Waals surface area contributed by atoms with Gasteiger partial charge in [0, 0.05) is 38.6 Å².